The molecule has 6 heteroatoms. The van der Waals surface area contributed by atoms with Gasteiger partial charge in [-0.15, -0.1) is 0 Å². The Morgan fingerprint density at radius 2 is 2.11 bits per heavy atom. The van der Waals surface area contributed by atoms with E-state index in [1.165, 1.54) is 24.3 Å². The third-order valence-electron chi connectivity index (χ3n) is 2.67. The summed E-state index contributed by atoms with van der Waals surface area (Å²) in [5, 5.41) is 2.49. The third-order valence-corrected chi connectivity index (χ3v) is 2.67. The van der Waals surface area contributed by atoms with Gasteiger partial charge in [-0.25, -0.2) is 9.18 Å². The molecule has 1 saturated heterocycles. The van der Waals surface area contributed by atoms with Crippen molar-refractivity contribution in [2.24, 2.45) is 0 Å². The average Bonchev–Trinajstić information content (AvgIpc) is 2.93. The summed E-state index contributed by atoms with van der Waals surface area (Å²) in [7, 11) is 0. The number of nitrogens with one attached hydrogen (secondary N) is 1. The van der Waals surface area contributed by atoms with Gasteiger partial charge in [0.25, 0.3) is 5.91 Å². The number of carbonyl (C=O) groups excluding carboxylic acids is 2. The van der Waals surface area contributed by atoms with Gasteiger partial charge < -0.3 is 14.8 Å². The molecule has 1 N–H and O–H groups in total. The van der Waals surface area contributed by atoms with Crippen LogP contribution in [0.5, 0.6) is 0 Å². The van der Waals surface area contributed by atoms with Crippen LogP contribution in [0.25, 0.3) is 0 Å². The van der Waals surface area contributed by atoms with Crippen LogP contribution < -0.4 is 5.32 Å². The molecule has 0 saturated carbocycles. The van der Waals surface area contributed by atoms with E-state index >= 15 is 0 Å². The lowest BCUT2D eigenvalue weighted by molar-refractivity contribution is -0.156. The maximum absolute atomic E-state index is 12.7. The van der Waals surface area contributed by atoms with Crippen LogP contribution in [0.3, 0.4) is 0 Å². The van der Waals surface area contributed by atoms with Gasteiger partial charge in [-0.1, -0.05) is 0 Å². The molecule has 1 fully saturated rings. The molecular formula is C13H14FNO4. The highest BCUT2D eigenvalue weighted by Gasteiger charge is 2.25. The Labute approximate surface area is 109 Å². The van der Waals surface area contributed by atoms with E-state index in [4.69, 9.17) is 9.47 Å². The molecule has 0 unspecified atom stereocenters. The second kappa shape index (κ2) is 6.29. The first-order valence-corrected chi connectivity index (χ1v) is 5.99. The number of carbonyl (C=O) groups is 2. The average molecular weight is 267 g/mol. The summed E-state index contributed by atoms with van der Waals surface area (Å²) >= 11 is 0. The van der Waals surface area contributed by atoms with E-state index in [0.717, 1.165) is 6.42 Å². The molecule has 1 aliphatic rings. The fourth-order valence-corrected chi connectivity index (χ4v) is 1.72. The highest BCUT2D eigenvalue weighted by molar-refractivity contribution is 5.93. The second-order valence-electron chi connectivity index (χ2n) is 4.16. The van der Waals surface area contributed by atoms with Crippen LogP contribution in [0.2, 0.25) is 0 Å². The van der Waals surface area contributed by atoms with Gasteiger partial charge >= 0.3 is 5.97 Å². The Morgan fingerprint density at radius 1 is 1.37 bits per heavy atom. The molecule has 2 rings (SSSR count). The minimum absolute atomic E-state index is 0.379. The van der Waals surface area contributed by atoms with Crippen LogP contribution in [0.15, 0.2) is 24.3 Å². The number of hydrogen-bond acceptors (Lipinski definition) is 4. The van der Waals surface area contributed by atoms with E-state index in [0.29, 0.717) is 18.7 Å². The van der Waals surface area contributed by atoms with Gasteiger partial charge in [-0.2, -0.15) is 0 Å². The summed E-state index contributed by atoms with van der Waals surface area (Å²) in [4.78, 5) is 23.0. The summed E-state index contributed by atoms with van der Waals surface area (Å²) in [5.41, 5.74) is 0.444. The molecule has 1 heterocycles. The van der Waals surface area contributed by atoms with Crippen molar-refractivity contribution in [1.29, 1.82) is 0 Å². The van der Waals surface area contributed by atoms with Crippen LogP contribution in [0.1, 0.15) is 12.8 Å². The third kappa shape index (κ3) is 4.03. The first kappa shape index (κ1) is 13.5. The van der Waals surface area contributed by atoms with Crippen molar-refractivity contribution in [3.63, 3.8) is 0 Å². The zero-order valence-electron chi connectivity index (χ0n) is 10.2. The quantitative estimate of drug-likeness (QED) is 0.839. The van der Waals surface area contributed by atoms with E-state index in [1.54, 1.807) is 0 Å². The Kier molecular flexibility index (Phi) is 4.46. The Bertz CT molecular complexity index is 454. The molecule has 0 bridgehead atoms. The predicted molar refractivity (Wildman–Crippen MR) is 65.0 cm³/mol. The van der Waals surface area contributed by atoms with E-state index in [-0.39, 0.29) is 12.4 Å². The minimum Gasteiger partial charge on any atom is -0.454 e. The summed E-state index contributed by atoms with van der Waals surface area (Å²) in [6.07, 6.45) is 0.888. The van der Waals surface area contributed by atoms with Crippen molar-refractivity contribution in [3.05, 3.63) is 30.1 Å². The van der Waals surface area contributed by atoms with Gasteiger partial charge in [0.2, 0.25) is 0 Å². The molecule has 1 aromatic rings. The number of hydrogen-bond donors (Lipinski definition) is 1. The number of esters is 1. The zero-order valence-corrected chi connectivity index (χ0v) is 10.2. The molecule has 1 atom stereocenters. The van der Waals surface area contributed by atoms with Crippen molar-refractivity contribution in [2.75, 3.05) is 18.5 Å². The summed E-state index contributed by atoms with van der Waals surface area (Å²) in [6, 6.07) is 5.31. The zero-order chi connectivity index (χ0) is 13.7. The lowest BCUT2D eigenvalue weighted by atomic mass is 10.2. The predicted octanol–water partition coefficient (Wildman–Crippen LogP) is 1.49. The van der Waals surface area contributed by atoms with E-state index in [9.17, 15) is 14.0 Å². The fourth-order valence-electron chi connectivity index (χ4n) is 1.72. The van der Waals surface area contributed by atoms with Crippen molar-refractivity contribution >= 4 is 17.6 Å². The first-order valence-electron chi connectivity index (χ1n) is 5.99. The van der Waals surface area contributed by atoms with Crippen molar-refractivity contribution in [3.8, 4) is 0 Å². The largest absolute Gasteiger partial charge is 0.454 e. The number of halogens is 1. The molecular weight excluding hydrogens is 253 g/mol. The maximum atomic E-state index is 12.7. The van der Waals surface area contributed by atoms with E-state index in [1.807, 2.05) is 0 Å². The molecule has 0 aromatic heterocycles. The van der Waals surface area contributed by atoms with Crippen molar-refractivity contribution in [1.82, 2.24) is 0 Å². The van der Waals surface area contributed by atoms with Crippen LogP contribution in [0.4, 0.5) is 10.1 Å². The van der Waals surface area contributed by atoms with Crippen LogP contribution in [0, 0.1) is 5.82 Å². The van der Waals surface area contributed by atoms with Crippen LogP contribution >= 0.6 is 0 Å². The standard InChI is InChI=1S/C13H14FNO4/c14-9-3-5-10(6-4-9)15-12(16)8-19-13(17)11-2-1-7-18-11/h3-6,11H,1-2,7-8H2,(H,15,16)/t11-/m0/s1. The molecule has 5 nitrogen and oxygen atoms in total. The molecule has 0 spiro atoms. The Balaban J connectivity index is 1.75. The first-order chi connectivity index (χ1) is 9.15. The van der Waals surface area contributed by atoms with Crippen LogP contribution in [-0.4, -0.2) is 31.2 Å². The number of amides is 1. The van der Waals surface area contributed by atoms with Crippen LogP contribution in [-0.2, 0) is 19.1 Å². The highest BCUT2D eigenvalue weighted by Crippen LogP contribution is 2.13. The molecule has 1 amide bonds. The normalized spacial score (nSPS) is 18.1. The molecule has 19 heavy (non-hydrogen) atoms. The summed E-state index contributed by atoms with van der Waals surface area (Å²) in [6.45, 7) is 0.164. The number of rotatable bonds is 4. The van der Waals surface area contributed by atoms with Gasteiger partial charge in [0.1, 0.15) is 5.82 Å². The van der Waals surface area contributed by atoms with Gasteiger partial charge in [-0.05, 0) is 37.1 Å². The van der Waals surface area contributed by atoms with Gasteiger partial charge in [0.15, 0.2) is 12.7 Å². The lowest BCUT2D eigenvalue weighted by Gasteiger charge is -2.09. The monoisotopic (exact) mass is 267 g/mol. The van der Waals surface area contributed by atoms with Gasteiger partial charge in [0, 0.05) is 12.3 Å². The van der Waals surface area contributed by atoms with Gasteiger partial charge in [-0.3, -0.25) is 4.79 Å². The topological polar surface area (TPSA) is 64.6 Å². The number of benzene rings is 1. The van der Waals surface area contributed by atoms with E-state index in [2.05, 4.69) is 5.32 Å². The highest BCUT2D eigenvalue weighted by atomic mass is 19.1. The van der Waals surface area contributed by atoms with E-state index < -0.39 is 18.0 Å². The lowest BCUT2D eigenvalue weighted by Crippen LogP contribution is -2.27. The maximum Gasteiger partial charge on any atom is 0.335 e. The summed E-state index contributed by atoms with van der Waals surface area (Å²) < 4.78 is 22.6. The Morgan fingerprint density at radius 3 is 2.74 bits per heavy atom. The number of anilines is 1. The fraction of sp³-hybridized carbons (Fsp3) is 0.385. The molecule has 0 radical (unpaired) electrons. The smallest absolute Gasteiger partial charge is 0.335 e. The Hall–Kier alpha value is -1.95. The van der Waals surface area contributed by atoms with Crippen molar-refractivity contribution in [2.45, 2.75) is 18.9 Å². The van der Waals surface area contributed by atoms with Gasteiger partial charge in [0.05, 0.1) is 0 Å². The molecule has 102 valence electrons. The molecule has 1 aromatic carbocycles. The summed E-state index contributed by atoms with van der Waals surface area (Å²) in [5.74, 6) is -1.38. The number of ether oxygens (including phenoxy) is 2. The second-order valence-corrected chi connectivity index (χ2v) is 4.16. The SMILES string of the molecule is O=C(COC(=O)[C@@H]1CCCO1)Nc1ccc(F)cc1. The molecule has 1 aliphatic heterocycles. The molecule has 0 aliphatic carbocycles. The van der Waals surface area contributed by atoms with Crippen molar-refractivity contribution < 1.29 is 23.5 Å². The minimum atomic E-state index is -0.557.